The molecule has 0 spiro atoms. The summed E-state index contributed by atoms with van der Waals surface area (Å²) in [6.45, 7) is 3.89. The van der Waals surface area contributed by atoms with Crippen LogP contribution in [0.1, 0.15) is 17.4 Å². The number of benzene rings is 2. The number of rotatable bonds is 6. The number of aryl methyl sites for hydroxylation is 2. The van der Waals surface area contributed by atoms with Gasteiger partial charge in [0.15, 0.2) is 11.7 Å². The minimum atomic E-state index is -0.292. The monoisotopic (exact) mass is 370 g/mol. The zero-order valence-corrected chi connectivity index (χ0v) is 15.4. The highest BCUT2D eigenvalue weighted by Gasteiger charge is 2.12. The molecule has 0 fully saturated rings. The molecule has 0 radical (unpaired) electrons. The van der Waals surface area contributed by atoms with Crippen molar-refractivity contribution in [2.24, 2.45) is 0 Å². The normalized spacial score (nSPS) is 10.6. The molecule has 1 N–H and O–H groups in total. The molecule has 0 aliphatic carbocycles. The first-order valence-electron chi connectivity index (χ1n) is 8.30. The predicted molar refractivity (Wildman–Crippen MR) is 102 cm³/mol. The van der Waals surface area contributed by atoms with Crippen molar-refractivity contribution in [2.75, 3.05) is 11.9 Å². The van der Waals surface area contributed by atoms with Gasteiger partial charge in [-0.25, -0.2) is 9.37 Å². The molecular formula is C20H19FN2O2S. The molecule has 4 nitrogen and oxygen atoms in total. The van der Waals surface area contributed by atoms with E-state index in [0.29, 0.717) is 10.9 Å². The lowest BCUT2D eigenvalue weighted by atomic mass is 10.1. The van der Waals surface area contributed by atoms with Crippen LogP contribution in [-0.4, -0.2) is 17.5 Å². The number of hydrogen-bond donors (Lipinski definition) is 1. The molecule has 6 heteroatoms. The number of thiazole rings is 1. The lowest BCUT2D eigenvalue weighted by Crippen LogP contribution is -2.20. The number of ether oxygens (including phenoxy) is 1. The van der Waals surface area contributed by atoms with Crippen LogP contribution in [0.15, 0.2) is 48.5 Å². The third-order valence-electron chi connectivity index (χ3n) is 3.84. The first kappa shape index (κ1) is 18.1. The summed E-state index contributed by atoms with van der Waals surface area (Å²) in [5.74, 6) is 0.104. The van der Waals surface area contributed by atoms with Gasteiger partial charge < -0.3 is 4.74 Å². The van der Waals surface area contributed by atoms with Gasteiger partial charge >= 0.3 is 0 Å². The van der Waals surface area contributed by atoms with Crippen LogP contribution in [0.5, 0.6) is 5.75 Å². The van der Waals surface area contributed by atoms with E-state index in [1.54, 1.807) is 12.1 Å². The number of nitrogens with one attached hydrogen (secondary N) is 1. The van der Waals surface area contributed by atoms with Crippen molar-refractivity contribution in [1.29, 1.82) is 0 Å². The smallest absolute Gasteiger partial charge is 0.264 e. The average molecular weight is 370 g/mol. The molecule has 1 aromatic heterocycles. The Balaban J connectivity index is 1.62. The third kappa shape index (κ3) is 4.46. The number of anilines is 1. The number of amides is 1. The fraction of sp³-hybridized carbons (Fsp3) is 0.200. The van der Waals surface area contributed by atoms with Crippen molar-refractivity contribution in [3.05, 3.63) is 64.8 Å². The Morgan fingerprint density at radius 2 is 2.00 bits per heavy atom. The second-order valence-electron chi connectivity index (χ2n) is 5.77. The lowest BCUT2D eigenvalue weighted by Gasteiger charge is -2.07. The Hall–Kier alpha value is -2.73. The summed E-state index contributed by atoms with van der Waals surface area (Å²) in [6, 6.07) is 13.8. The van der Waals surface area contributed by atoms with Crippen molar-refractivity contribution in [3.63, 3.8) is 0 Å². The lowest BCUT2D eigenvalue weighted by molar-refractivity contribution is -0.118. The Labute approximate surface area is 155 Å². The van der Waals surface area contributed by atoms with Gasteiger partial charge in [0.05, 0.1) is 5.69 Å². The maximum Gasteiger partial charge on any atom is 0.264 e. The third-order valence-corrected chi connectivity index (χ3v) is 4.72. The topological polar surface area (TPSA) is 51.2 Å². The number of carbonyl (C=O) groups is 1. The Morgan fingerprint density at radius 3 is 2.73 bits per heavy atom. The molecular weight excluding hydrogens is 351 g/mol. The van der Waals surface area contributed by atoms with Crippen LogP contribution in [0, 0.1) is 12.7 Å². The molecule has 0 unspecified atom stereocenters. The van der Waals surface area contributed by atoms with Crippen molar-refractivity contribution in [1.82, 2.24) is 4.98 Å². The minimum absolute atomic E-state index is 0.0856. The van der Waals surface area contributed by atoms with Gasteiger partial charge in [0.2, 0.25) is 0 Å². The second-order valence-corrected chi connectivity index (χ2v) is 6.97. The number of aromatic nitrogens is 1. The van der Waals surface area contributed by atoms with Crippen molar-refractivity contribution in [3.8, 4) is 17.0 Å². The molecule has 0 bridgehead atoms. The van der Waals surface area contributed by atoms with Crippen LogP contribution in [-0.2, 0) is 11.2 Å². The van der Waals surface area contributed by atoms with E-state index in [1.807, 2.05) is 31.2 Å². The van der Waals surface area contributed by atoms with E-state index in [-0.39, 0.29) is 18.3 Å². The van der Waals surface area contributed by atoms with Crippen molar-refractivity contribution in [2.45, 2.75) is 20.3 Å². The number of halogens is 1. The fourth-order valence-electron chi connectivity index (χ4n) is 2.48. The van der Waals surface area contributed by atoms with E-state index in [1.165, 1.54) is 23.5 Å². The molecule has 26 heavy (non-hydrogen) atoms. The molecule has 0 saturated carbocycles. The zero-order chi connectivity index (χ0) is 18.5. The Bertz CT molecular complexity index is 906. The summed E-state index contributed by atoms with van der Waals surface area (Å²) in [7, 11) is 0. The SMILES string of the molecule is CCc1cccc(OCC(=O)Nc2nc(-c3ccc(F)cc3)c(C)s2)c1. The van der Waals surface area contributed by atoms with Gasteiger partial charge in [-0.05, 0) is 55.3 Å². The molecule has 0 aliphatic rings. The largest absolute Gasteiger partial charge is 0.484 e. The van der Waals surface area contributed by atoms with E-state index < -0.39 is 0 Å². The summed E-state index contributed by atoms with van der Waals surface area (Å²) in [5, 5.41) is 3.25. The van der Waals surface area contributed by atoms with E-state index >= 15 is 0 Å². The molecule has 0 atom stereocenters. The summed E-state index contributed by atoms with van der Waals surface area (Å²) >= 11 is 1.38. The summed E-state index contributed by atoms with van der Waals surface area (Å²) in [4.78, 5) is 17.5. The number of carbonyl (C=O) groups excluding carboxylic acids is 1. The number of hydrogen-bond acceptors (Lipinski definition) is 4. The molecule has 134 valence electrons. The summed E-state index contributed by atoms with van der Waals surface area (Å²) in [5.41, 5.74) is 2.71. The highest BCUT2D eigenvalue weighted by molar-refractivity contribution is 7.16. The molecule has 0 saturated heterocycles. The summed E-state index contributed by atoms with van der Waals surface area (Å²) < 4.78 is 18.6. The van der Waals surface area contributed by atoms with Gasteiger partial charge in [0.1, 0.15) is 11.6 Å². The zero-order valence-electron chi connectivity index (χ0n) is 14.6. The maximum atomic E-state index is 13.1. The van der Waals surface area contributed by atoms with E-state index in [0.717, 1.165) is 28.1 Å². The highest BCUT2D eigenvalue weighted by Crippen LogP contribution is 2.30. The molecule has 2 aromatic carbocycles. The molecule has 0 aliphatic heterocycles. The van der Waals surface area contributed by atoms with Crippen LogP contribution in [0.2, 0.25) is 0 Å². The van der Waals surface area contributed by atoms with Gasteiger partial charge in [0.25, 0.3) is 5.91 Å². The van der Waals surface area contributed by atoms with Crippen LogP contribution >= 0.6 is 11.3 Å². The highest BCUT2D eigenvalue weighted by atomic mass is 32.1. The molecule has 1 heterocycles. The van der Waals surface area contributed by atoms with E-state index in [2.05, 4.69) is 17.2 Å². The van der Waals surface area contributed by atoms with Crippen LogP contribution < -0.4 is 10.1 Å². The maximum absolute atomic E-state index is 13.1. The fourth-order valence-corrected chi connectivity index (χ4v) is 3.34. The van der Waals surface area contributed by atoms with Gasteiger partial charge in [0, 0.05) is 10.4 Å². The number of nitrogens with zero attached hydrogens (tertiary/aromatic N) is 1. The van der Waals surface area contributed by atoms with Crippen LogP contribution in [0.25, 0.3) is 11.3 Å². The predicted octanol–water partition coefficient (Wildman–Crippen LogP) is 4.84. The van der Waals surface area contributed by atoms with E-state index in [9.17, 15) is 9.18 Å². The molecule has 3 rings (SSSR count). The molecule has 3 aromatic rings. The van der Waals surface area contributed by atoms with E-state index in [4.69, 9.17) is 4.74 Å². The van der Waals surface area contributed by atoms with Gasteiger partial charge in [-0.3, -0.25) is 10.1 Å². The van der Waals surface area contributed by atoms with Gasteiger partial charge in [-0.1, -0.05) is 19.1 Å². The van der Waals surface area contributed by atoms with Gasteiger partial charge in [-0.15, -0.1) is 11.3 Å². The van der Waals surface area contributed by atoms with Crippen LogP contribution in [0.4, 0.5) is 9.52 Å². The Kier molecular flexibility index (Phi) is 5.63. The average Bonchev–Trinajstić information content (AvgIpc) is 3.01. The standard InChI is InChI=1S/C20H19FN2O2S/c1-3-14-5-4-6-17(11-14)25-12-18(24)22-20-23-19(13(2)26-20)15-7-9-16(21)10-8-15/h4-11H,3,12H2,1-2H3,(H,22,23,24). The minimum Gasteiger partial charge on any atom is -0.484 e. The first-order chi connectivity index (χ1) is 12.5. The summed E-state index contributed by atoms with van der Waals surface area (Å²) in [6.07, 6.45) is 0.911. The Morgan fingerprint density at radius 1 is 1.23 bits per heavy atom. The van der Waals surface area contributed by atoms with Crippen molar-refractivity contribution >= 4 is 22.4 Å². The first-order valence-corrected chi connectivity index (χ1v) is 9.11. The van der Waals surface area contributed by atoms with Gasteiger partial charge in [-0.2, -0.15) is 0 Å². The van der Waals surface area contributed by atoms with Crippen LogP contribution in [0.3, 0.4) is 0 Å². The molecule has 1 amide bonds. The quantitative estimate of drug-likeness (QED) is 0.676. The second kappa shape index (κ2) is 8.10. The van der Waals surface area contributed by atoms with Crippen molar-refractivity contribution < 1.29 is 13.9 Å².